The van der Waals surface area contributed by atoms with Crippen LogP contribution in [0.15, 0.2) is 24.3 Å². The molecule has 0 fully saturated rings. The minimum atomic E-state index is 0.576. The number of aryl methyl sites for hydroxylation is 1. The van der Waals surface area contributed by atoms with E-state index in [9.17, 15) is 0 Å². The molecule has 2 nitrogen and oxygen atoms in total. The zero-order valence-electron chi connectivity index (χ0n) is 12.4. The standard InChI is InChI=1S/C16H28N2/c1-5-18(6-2)12-11-16(17-4)13-15-10-8-7-9-14(15)3/h7-10,16-17H,5-6,11-13H2,1-4H3. The highest BCUT2D eigenvalue weighted by atomic mass is 15.1. The predicted molar refractivity (Wildman–Crippen MR) is 80.1 cm³/mol. The first-order chi connectivity index (χ1) is 8.71. The zero-order chi connectivity index (χ0) is 13.4. The van der Waals surface area contributed by atoms with E-state index in [1.807, 2.05) is 0 Å². The van der Waals surface area contributed by atoms with Crippen LogP contribution in [-0.2, 0) is 6.42 Å². The number of nitrogens with one attached hydrogen (secondary N) is 1. The molecular weight excluding hydrogens is 220 g/mol. The third kappa shape index (κ3) is 4.79. The SMILES string of the molecule is CCN(CC)CCC(Cc1ccccc1C)NC. The van der Waals surface area contributed by atoms with Gasteiger partial charge in [-0.1, -0.05) is 38.1 Å². The smallest absolute Gasteiger partial charge is 0.0117 e. The molecule has 0 bridgehead atoms. The molecule has 0 aliphatic heterocycles. The summed E-state index contributed by atoms with van der Waals surface area (Å²) in [5.74, 6) is 0. The van der Waals surface area contributed by atoms with E-state index < -0.39 is 0 Å². The number of hydrogen-bond donors (Lipinski definition) is 1. The minimum Gasteiger partial charge on any atom is -0.317 e. The van der Waals surface area contributed by atoms with Gasteiger partial charge in [-0.15, -0.1) is 0 Å². The van der Waals surface area contributed by atoms with Gasteiger partial charge < -0.3 is 10.2 Å². The van der Waals surface area contributed by atoms with E-state index in [2.05, 4.69) is 62.3 Å². The van der Waals surface area contributed by atoms with Crippen molar-refractivity contribution in [3.63, 3.8) is 0 Å². The summed E-state index contributed by atoms with van der Waals surface area (Å²) in [5.41, 5.74) is 2.87. The number of benzene rings is 1. The summed E-state index contributed by atoms with van der Waals surface area (Å²) >= 11 is 0. The quantitative estimate of drug-likeness (QED) is 0.761. The van der Waals surface area contributed by atoms with E-state index in [1.54, 1.807) is 0 Å². The number of hydrogen-bond acceptors (Lipinski definition) is 2. The number of nitrogens with zero attached hydrogens (tertiary/aromatic N) is 1. The van der Waals surface area contributed by atoms with Gasteiger partial charge in [-0.25, -0.2) is 0 Å². The van der Waals surface area contributed by atoms with Crippen LogP contribution in [0.4, 0.5) is 0 Å². The predicted octanol–water partition coefficient (Wildman–Crippen LogP) is 2.86. The molecule has 1 atom stereocenters. The van der Waals surface area contributed by atoms with Crippen LogP contribution in [0.3, 0.4) is 0 Å². The lowest BCUT2D eigenvalue weighted by molar-refractivity contribution is 0.283. The highest BCUT2D eigenvalue weighted by molar-refractivity contribution is 5.26. The molecule has 1 unspecified atom stereocenters. The van der Waals surface area contributed by atoms with E-state index >= 15 is 0 Å². The summed E-state index contributed by atoms with van der Waals surface area (Å²) in [4.78, 5) is 2.49. The molecule has 0 aliphatic rings. The van der Waals surface area contributed by atoms with Crippen LogP contribution in [0.25, 0.3) is 0 Å². The fourth-order valence-electron chi connectivity index (χ4n) is 2.33. The molecule has 0 saturated heterocycles. The van der Waals surface area contributed by atoms with Crippen molar-refractivity contribution in [3.8, 4) is 0 Å². The van der Waals surface area contributed by atoms with E-state index in [0.29, 0.717) is 6.04 Å². The molecule has 0 aromatic heterocycles. The number of rotatable bonds is 8. The third-order valence-corrected chi connectivity index (χ3v) is 3.82. The van der Waals surface area contributed by atoms with Crippen molar-refractivity contribution in [3.05, 3.63) is 35.4 Å². The van der Waals surface area contributed by atoms with Gasteiger partial charge in [0.2, 0.25) is 0 Å². The lowest BCUT2D eigenvalue weighted by Gasteiger charge is -2.23. The van der Waals surface area contributed by atoms with Crippen LogP contribution in [0.2, 0.25) is 0 Å². The van der Waals surface area contributed by atoms with Gasteiger partial charge in [0.1, 0.15) is 0 Å². The van der Waals surface area contributed by atoms with Crippen molar-refractivity contribution in [2.45, 2.75) is 39.7 Å². The van der Waals surface area contributed by atoms with Gasteiger partial charge in [0.05, 0.1) is 0 Å². The molecule has 2 heteroatoms. The average molecular weight is 248 g/mol. The van der Waals surface area contributed by atoms with Gasteiger partial charge in [0.15, 0.2) is 0 Å². The molecule has 1 aromatic rings. The Bertz CT molecular complexity index is 332. The van der Waals surface area contributed by atoms with E-state index in [4.69, 9.17) is 0 Å². The van der Waals surface area contributed by atoms with Crippen LogP contribution in [0, 0.1) is 6.92 Å². The maximum absolute atomic E-state index is 3.45. The molecule has 0 saturated carbocycles. The maximum atomic E-state index is 3.45. The Morgan fingerprint density at radius 1 is 1.17 bits per heavy atom. The van der Waals surface area contributed by atoms with Crippen molar-refractivity contribution in [2.75, 3.05) is 26.7 Å². The Balaban J connectivity index is 2.49. The topological polar surface area (TPSA) is 15.3 Å². The van der Waals surface area contributed by atoms with Crippen LogP contribution in [0.1, 0.15) is 31.4 Å². The average Bonchev–Trinajstić information content (AvgIpc) is 2.40. The molecule has 1 aromatic carbocycles. The number of likely N-dealkylation sites (N-methyl/N-ethyl adjacent to an activating group) is 1. The molecule has 0 radical (unpaired) electrons. The normalized spacial score (nSPS) is 12.9. The molecule has 0 aliphatic carbocycles. The molecule has 0 heterocycles. The minimum absolute atomic E-state index is 0.576. The van der Waals surface area contributed by atoms with Crippen molar-refractivity contribution in [2.24, 2.45) is 0 Å². The Labute approximate surface area is 112 Å². The first-order valence-electron chi connectivity index (χ1n) is 7.15. The van der Waals surface area contributed by atoms with Crippen LogP contribution < -0.4 is 5.32 Å². The fraction of sp³-hybridized carbons (Fsp3) is 0.625. The first-order valence-corrected chi connectivity index (χ1v) is 7.15. The lowest BCUT2D eigenvalue weighted by atomic mass is 9.99. The second kappa shape index (κ2) is 8.28. The summed E-state index contributed by atoms with van der Waals surface area (Å²) in [6, 6.07) is 9.28. The molecule has 1 rings (SSSR count). The molecule has 0 amide bonds. The Morgan fingerprint density at radius 3 is 2.39 bits per heavy atom. The molecule has 18 heavy (non-hydrogen) atoms. The summed E-state index contributed by atoms with van der Waals surface area (Å²) in [6.45, 7) is 10.2. The summed E-state index contributed by atoms with van der Waals surface area (Å²) in [5, 5.41) is 3.45. The largest absolute Gasteiger partial charge is 0.317 e. The second-order valence-corrected chi connectivity index (χ2v) is 4.93. The van der Waals surface area contributed by atoms with Crippen LogP contribution in [-0.4, -0.2) is 37.6 Å². The molecule has 0 spiro atoms. The van der Waals surface area contributed by atoms with Crippen molar-refractivity contribution in [1.29, 1.82) is 0 Å². The van der Waals surface area contributed by atoms with Crippen molar-refractivity contribution in [1.82, 2.24) is 10.2 Å². The van der Waals surface area contributed by atoms with E-state index in [1.165, 1.54) is 24.1 Å². The Hall–Kier alpha value is -0.860. The third-order valence-electron chi connectivity index (χ3n) is 3.82. The van der Waals surface area contributed by atoms with Gasteiger partial charge >= 0.3 is 0 Å². The summed E-state index contributed by atoms with van der Waals surface area (Å²) < 4.78 is 0. The highest BCUT2D eigenvalue weighted by Gasteiger charge is 2.10. The Kier molecular flexibility index (Phi) is 6.99. The van der Waals surface area contributed by atoms with Crippen LogP contribution in [0.5, 0.6) is 0 Å². The molecular formula is C16H28N2. The monoisotopic (exact) mass is 248 g/mol. The van der Waals surface area contributed by atoms with E-state index in [-0.39, 0.29) is 0 Å². The first kappa shape index (κ1) is 15.2. The summed E-state index contributed by atoms with van der Waals surface area (Å²) in [6.07, 6.45) is 2.34. The zero-order valence-corrected chi connectivity index (χ0v) is 12.4. The second-order valence-electron chi connectivity index (χ2n) is 4.93. The van der Waals surface area contributed by atoms with Crippen molar-refractivity contribution < 1.29 is 0 Å². The summed E-state index contributed by atoms with van der Waals surface area (Å²) in [7, 11) is 2.07. The Morgan fingerprint density at radius 2 is 1.83 bits per heavy atom. The van der Waals surface area contributed by atoms with Gasteiger partial charge in [0, 0.05) is 6.04 Å². The van der Waals surface area contributed by atoms with Crippen LogP contribution >= 0.6 is 0 Å². The fourth-order valence-corrected chi connectivity index (χ4v) is 2.33. The van der Waals surface area contributed by atoms with Gasteiger partial charge in [-0.2, -0.15) is 0 Å². The van der Waals surface area contributed by atoms with Crippen molar-refractivity contribution >= 4 is 0 Å². The van der Waals surface area contributed by atoms with E-state index in [0.717, 1.165) is 19.5 Å². The van der Waals surface area contributed by atoms with Gasteiger partial charge in [0.25, 0.3) is 0 Å². The lowest BCUT2D eigenvalue weighted by Crippen LogP contribution is -2.34. The van der Waals surface area contributed by atoms with Gasteiger partial charge in [-0.3, -0.25) is 0 Å². The van der Waals surface area contributed by atoms with Gasteiger partial charge in [-0.05, 0) is 57.6 Å². The molecule has 1 N–H and O–H groups in total. The highest BCUT2D eigenvalue weighted by Crippen LogP contribution is 2.11. The maximum Gasteiger partial charge on any atom is 0.0117 e. The molecule has 102 valence electrons.